The Morgan fingerprint density at radius 1 is 1.32 bits per heavy atom. The Morgan fingerprint density at radius 2 is 2.05 bits per heavy atom. The van der Waals surface area contributed by atoms with E-state index < -0.39 is 0 Å². The molecule has 19 heavy (non-hydrogen) atoms. The van der Waals surface area contributed by atoms with Crippen molar-refractivity contribution in [3.63, 3.8) is 0 Å². The molecule has 4 nitrogen and oxygen atoms in total. The van der Waals surface area contributed by atoms with Crippen LogP contribution in [0.4, 0.5) is 0 Å². The highest BCUT2D eigenvalue weighted by molar-refractivity contribution is 6.34. The van der Waals surface area contributed by atoms with Gasteiger partial charge < -0.3 is 5.32 Å². The average molecular weight is 302 g/mol. The minimum absolute atomic E-state index is 0.0819. The molecule has 1 heterocycles. The van der Waals surface area contributed by atoms with Crippen LogP contribution in [0.1, 0.15) is 43.5 Å². The lowest BCUT2D eigenvalue weighted by atomic mass is 9.78. The fourth-order valence-corrected chi connectivity index (χ4v) is 2.87. The third-order valence-electron chi connectivity index (χ3n) is 3.99. The van der Waals surface area contributed by atoms with E-state index in [9.17, 15) is 4.79 Å². The van der Waals surface area contributed by atoms with Crippen molar-refractivity contribution in [2.75, 3.05) is 0 Å². The number of hydrogen-bond acceptors (Lipinski definition) is 3. The number of hydrogen-bond donors (Lipinski definition) is 1. The number of halogens is 2. The van der Waals surface area contributed by atoms with Crippen molar-refractivity contribution in [2.24, 2.45) is 11.8 Å². The van der Waals surface area contributed by atoms with E-state index in [1.54, 1.807) is 0 Å². The van der Waals surface area contributed by atoms with Gasteiger partial charge in [-0.05, 0) is 24.3 Å². The Bertz CT molecular complexity index is 481. The molecule has 0 aliphatic heterocycles. The van der Waals surface area contributed by atoms with E-state index in [0.717, 1.165) is 12.8 Å². The van der Waals surface area contributed by atoms with Gasteiger partial charge in [0.1, 0.15) is 0 Å². The van der Waals surface area contributed by atoms with Gasteiger partial charge >= 0.3 is 0 Å². The van der Waals surface area contributed by atoms with Crippen molar-refractivity contribution < 1.29 is 4.79 Å². The van der Waals surface area contributed by atoms with Gasteiger partial charge in [-0.2, -0.15) is 0 Å². The molecule has 0 aromatic carbocycles. The molecule has 0 bridgehead atoms. The molecule has 0 saturated heterocycles. The van der Waals surface area contributed by atoms with Gasteiger partial charge in [0.25, 0.3) is 5.91 Å². The summed E-state index contributed by atoms with van der Waals surface area (Å²) in [5, 5.41) is 10.5. The Kier molecular flexibility index (Phi) is 4.63. The number of aromatic nitrogens is 2. The second-order valence-corrected chi connectivity index (χ2v) is 5.96. The van der Waals surface area contributed by atoms with Crippen molar-refractivity contribution in [3.05, 3.63) is 21.9 Å². The Labute approximate surface area is 122 Å². The lowest BCUT2D eigenvalue weighted by molar-refractivity contribution is 0.0890. The number of amides is 1. The van der Waals surface area contributed by atoms with E-state index in [0.29, 0.717) is 11.8 Å². The summed E-state index contributed by atoms with van der Waals surface area (Å²) in [7, 11) is 0. The van der Waals surface area contributed by atoms with Crippen LogP contribution in [0.25, 0.3) is 0 Å². The van der Waals surface area contributed by atoms with Crippen LogP contribution in [0.2, 0.25) is 10.3 Å². The topological polar surface area (TPSA) is 54.9 Å². The zero-order valence-corrected chi connectivity index (χ0v) is 12.5. The molecule has 1 N–H and O–H groups in total. The van der Waals surface area contributed by atoms with Crippen LogP contribution >= 0.6 is 23.2 Å². The van der Waals surface area contributed by atoms with Gasteiger partial charge in [-0.3, -0.25) is 4.79 Å². The Balaban J connectivity index is 2.10. The van der Waals surface area contributed by atoms with Crippen molar-refractivity contribution >= 4 is 29.1 Å². The Hall–Kier alpha value is -0.870. The van der Waals surface area contributed by atoms with Crippen LogP contribution in [-0.2, 0) is 0 Å². The monoisotopic (exact) mass is 301 g/mol. The van der Waals surface area contributed by atoms with Gasteiger partial charge in [0.15, 0.2) is 10.3 Å². The van der Waals surface area contributed by atoms with Crippen LogP contribution in [0.3, 0.4) is 0 Å². The molecule has 0 radical (unpaired) electrons. The maximum absolute atomic E-state index is 12.2. The number of carbonyl (C=O) groups is 1. The number of rotatable bonds is 2. The summed E-state index contributed by atoms with van der Waals surface area (Å²) in [4.78, 5) is 12.2. The lowest BCUT2D eigenvalue weighted by Gasteiger charge is -2.34. The molecule has 1 aromatic heterocycles. The quantitative estimate of drug-likeness (QED) is 0.911. The first kappa shape index (κ1) is 14.5. The standard InChI is InChI=1S/C13H17Cl2N3O/c1-7-4-3-5-10(8(7)2)16-13(19)9-6-11(14)17-18-12(9)15/h6-8,10H,3-5H2,1-2H3,(H,16,19). The summed E-state index contributed by atoms with van der Waals surface area (Å²) >= 11 is 11.6. The maximum Gasteiger partial charge on any atom is 0.254 e. The molecule has 1 saturated carbocycles. The fraction of sp³-hybridized carbons (Fsp3) is 0.615. The summed E-state index contributed by atoms with van der Waals surface area (Å²) < 4.78 is 0. The minimum atomic E-state index is -0.229. The maximum atomic E-state index is 12.2. The van der Waals surface area contributed by atoms with Crippen LogP contribution in [0.5, 0.6) is 0 Å². The predicted molar refractivity (Wildman–Crippen MR) is 75.5 cm³/mol. The molecule has 1 amide bonds. The zero-order chi connectivity index (χ0) is 14.0. The molecule has 0 spiro atoms. The molecular formula is C13H17Cl2N3O. The van der Waals surface area contributed by atoms with Gasteiger partial charge in [0.2, 0.25) is 0 Å². The molecule has 2 rings (SSSR count). The smallest absolute Gasteiger partial charge is 0.254 e. The molecule has 3 atom stereocenters. The van der Waals surface area contributed by atoms with Gasteiger partial charge in [-0.1, -0.05) is 49.9 Å². The third kappa shape index (κ3) is 3.37. The lowest BCUT2D eigenvalue weighted by Crippen LogP contribution is -2.43. The zero-order valence-electron chi connectivity index (χ0n) is 11.0. The van der Waals surface area contributed by atoms with Crippen molar-refractivity contribution in [1.29, 1.82) is 0 Å². The first-order valence-electron chi connectivity index (χ1n) is 6.48. The van der Waals surface area contributed by atoms with E-state index in [2.05, 4.69) is 29.4 Å². The summed E-state index contributed by atoms with van der Waals surface area (Å²) in [6.45, 7) is 4.40. The number of nitrogens with zero attached hydrogens (tertiary/aromatic N) is 2. The van der Waals surface area contributed by atoms with Gasteiger partial charge in [-0.15, -0.1) is 10.2 Å². The van der Waals surface area contributed by atoms with Crippen LogP contribution in [0.15, 0.2) is 6.07 Å². The second kappa shape index (κ2) is 6.06. The molecular weight excluding hydrogens is 285 g/mol. The fourth-order valence-electron chi connectivity index (χ4n) is 2.54. The van der Waals surface area contributed by atoms with Crippen LogP contribution in [0, 0.1) is 11.8 Å². The van der Waals surface area contributed by atoms with E-state index in [1.807, 2.05) is 0 Å². The Morgan fingerprint density at radius 3 is 2.79 bits per heavy atom. The third-order valence-corrected chi connectivity index (χ3v) is 4.45. The van der Waals surface area contributed by atoms with Gasteiger partial charge in [-0.25, -0.2) is 0 Å². The largest absolute Gasteiger partial charge is 0.349 e. The van der Waals surface area contributed by atoms with Crippen molar-refractivity contribution in [1.82, 2.24) is 15.5 Å². The number of carbonyl (C=O) groups excluding carboxylic acids is 1. The molecule has 1 aliphatic carbocycles. The first-order chi connectivity index (χ1) is 8.99. The minimum Gasteiger partial charge on any atom is -0.349 e. The summed E-state index contributed by atoms with van der Waals surface area (Å²) in [6.07, 6.45) is 3.36. The highest BCUT2D eigenvalue weighted by Crippen LogP contribution is 2.29. The van der Waals surface area contributed by atoms with Crippen LogP contribution in [-0.4, -0.2) is 22.1 Å². The molecule has 1 fully saturated rings. The van der Waals surface area contributed by atoms with E-state index in [1.165, 1.54) is 12.5 Å². The van der Waals surface area contributed by atoms with E-state index in [-0.39, 0.29) is 27.8 Å². The first-order valence-corrected chi connectivity index (χ1v) is 7.24. The summed E-state index contributed by atoms with van der Waals surface area (Å²) in [5.74, 6) is 0.850. The summed E-state index contributed by atoms with van der Waals surface area (Å²) in [5.41, 5.74) is 0.284. The van der Waals surface area contributed by atoms with E-state index in [4.69, 9.17) is 23.2 Å². The molecule has 1 aliphatic rings. The van der Waals surface area contributed by atoms with E-state index >= 15 is 0 Å². The average Bonchev–Trinajstić information content (AvgIpc) is 2.38. The second-order valence-electron chi connectivity index (χ2n) is 5.22. The normalized spacial score (nSPS) is 27.1. The highest BCUT2D eigenvalue weighted by atomic mass is 35.5. The molecule has 1 aromatic rings. The van der Waals surface area contributed by atoms with Crippen LogP contribution < -0.4 is 5.32 Å². The van der Waals surface area contributed by atoms with Crippen molar-refractivity contribution in [3.8, 4) is 0 Å². The number of nitrogens with one attached hydrogen (secondary N) is 1. The van der Waals surface area contributed by atoms with Crippen molar-refractivity contribution in [2.45, 2.75) is 39.2 Å². The highest BCUT2D eigenvalue weighted by Gasteiger charge is 2.29. The SMILES string of the molecule is CC1CCCC(NC(=O)c2cc(Cl)nnc2Cl)C1C. The molecule has 104 valence electrons. The molecule has 6 heteroatoms. The molecule has 3 unspecified atom stereocenters. The van der Waals surface area contributed by atoms with Gasteiger partial charge in [0, 0.05) is 6.04 Å². The summed E-state index contributed by atoms with van der Waals surface area (Å²) in [6, 6.07) is 1.63. The predicted octanol–water partition coefficient (Wildman–Crippen LogP) is 3.34. The van der Waals surface area contributed by atoms with Gasteiger partial charge in [0.05, 0.1) is 5.56 Å².